The number of hydrogen-bond donors (Lipinski definition) is 2. The molecule has 0 saturated carbocycles. The van der Waals surface area contributed by atoms with Gasteiger partial charge < -0.3 is 4.74 Å². The summed E-state index contributed by atoms with van der Waals surface area (Å²) in [6.45, 7) is 1.77. The Kier molecular flexibility index (Phi) is 5.43. The number of anilines is 1. The minimum absolute atomic E-state index is 0.0846. The van der Waals surface area contributed by atoms with E-state index < -0.39 is 23.8 Å². The molecule has 8 heteroatoms. The van der Waals surface area contributed by atoms with E-state index in [9.17, 15) is 14.4 Å². The van der Waals surface area contributed by atoms with Crippen LogP contribution in [-0.4, -0.2) is 30.9 Å². The van der Waals surface area contributed by atoms with Crippen LogP contribution in [0.5, 0.6) is 5.75 Å². The van der Waals surface area contributed by atoms with Crippen LogP contribution in [0.3, 0.4) is 0 Å². The minimum atomic E-state index is -0.870. The fraction of sp³-hybridized carbons (Fsp3) is 0.211. The third-order valence-electron chi connectivity index (χ3n) is 4.24. The van der Waals surface area contributed by atoms with Gasteiger partial charge in [0.15, 0.2) is 0 Å². The first kappa shape index (κ1) is 18.9. The third kappa shape index (κ3) is 3.79. The Hall–Kier alpha value is -2.90. The number of carbonyl (C=O) groups excluding carboxylic acids is 3. The van der Waals surface area contributed by atoms with Crippen LogP contribution in [-0.2, 0) is 9.59 Å². The first-order valence-corrected chi connectivity index (χ1v) is 8.62. The van der Waals surface area contributed by atoms with E-state index in [2.05, 4.69) is 10.9 Å². The van der Waals surface area contributed by atoms with Crippen LogP contribution < -0.4 is 20.5 Å². The molecule has 0 spiro atoms. The maximum absolute atomic E-state index is 12.7. The van der Waals surface area contributed by atoms with Crippen molar-refractivity contribution >= 4 is 35.0 Å². The summed E-state index contributed by atoms with van der Waals surface area (Å²) in [4.78, 5) is 38.3. The largest absolute Gasteiger partial charge is 0.495 e. The molecule has 0 aromatic heterocycles. The molecule has 3 rings (SSSR count). The van der Waals surface area contributed by atoms with Crippen LogP contribution in [0.1, 0.15) is 22.3 Å². The number of halogens is 1. The summed E-state index contributed by atoms with van der Waals surface area (Å²) in [5.74, 6) is -0.949. The summed E-state index contributed by atoms with van der Waals surface area (Å²) >= 11 is 6.09. The number of imide groups is 1. The van der Waals surface area contributed by atoms with Crippen molar-refractivity contribution in [2.75, 3.05) is 12.0 Å². The van der Waals surface area contributed by atoms with Crippen molar-refractivity contribution in [2.45, 2.75) is 19.4 Å². The highest BCUT2D eigenvalue weighted by Gasteiger charge is 2.41. The van der Waals surface area contributed by atoms with Crippen LogP contribution in [0.15, 0.2) is 42.5 Å². The SMILES string of the molecule is COc1cc(Cl)c(C)cc1N1C(=O)C[C@@H](NNC(=O)c2ccccc2)C1=O. The molecule has 1 heterocycles. The number of amides is 3. The maximum atomic E-state index is 12.7. The lowest BCUT2D eigenvalue weighted by molar-refractivity contribution is -0.121. The molecule has 7 nitrogen and oxygen atoms in total. The lowest BCUT2D eigenvalue weighted by Gasteiger charge is -2.19. The highest BCUT2D eigenvalue weighted by molar-refractivity contribution is 6.32. The van der Waals surface area contributed by atoms with Crippen molar-refractivity contribution in [3.05, 3.63) is 58.6 Å². The van der Waals surface area contributed by atoms with E-state index in [0.29, 0.717) is 27.6 Å². The summed E-state index contributed by atoms with van der Waals surface area (Å²) in [6.07, 6.45) is -0.0846. The Morgan fingerprint density at radius 2 is 1.93 bits per heavy atom. The number of hydrogen-bond acceptors (Lipinski definition) is 5. The monoisotopic (exact) mass is 387 g/mol. The number of nitrogens with zero attached hydrogens (tertiary/aromatic N) is 1. The van der Waals surface area contributed by atoms with Gasteiger partial charge in [-0.05, 0) is 30.7 Å². The molecule has 3 amide bonds. The van der Waals surface area contributed by atoms with E-state index in [1.54, 1.807) is 49.4 Å². The van der Waals surface area contributed by atoms with Crippen molar-refractivity contribution in [1.82, 2.24) is 10.9 Å². The number of aryl methyl sites for hydroxylation is 1. The van der Waals surface area contributed by atoms with Crippen LogP contribution in [0.4, 0.5) is 5.69 Å². The predicted molar refractivity (Wildman–Crippen MR) is 101 cm³/mol. The number of carbonyl (C=O) groups is 3. The standard InChI is InChI=1S/C19H18ClN3O4/c1-11-8-15(16(27-2)9-13(11)20)23-17(24)10-14(19(23)26)21-22-18(25)12-6-4-3-5-7-12/h3-9,14,21H,10H2,1-2H3,(H,22,25)/t14-/m1/s1. The summed E-state index contributed by atoms with van der Waals surface area (Å²) in [5.41, 5.74) is 6.59. The Morgan fingerprint density at radius 3 is 2.59 bits per heavy atom. The van der Waals surface area contributed by atoms with Gasteiger partial charge in [-0.3, -0.25) is 19.8 Å². The topological polar surface area (TPSA) is 87.7 Å². The van der Waals surface area contributed by atoms with E-state index in [1.807, 2.05) is 0 Å². The Morgan fingerprint density at radius 1 is 1.22 bits per heavy atom. The third-order valence-corrected chi connectivity index (χ3v) is 4.65. The van der Waals surface area contributed by atoms with Gasteiger partial charge in [0, 0.05) is 16.7 Å². The van der Waals surface area contributed by atoms with Gasteiger partial charge in [0.1, 0.15) is 11.8 Å². The first-order valence-electron chi connectivity index (χ1n) is 8.24. The molecule has 0 unspecified atom stereocenters. The lowest BCUT2D eigenvalue weighted by Crippen LogP contribution is -2.48. The van der Waals surface area contributed by atoms with E-state index in [4.69, 9.17) is 16.3 Å². The average molecular weight is 388 g/mol. The molecular weight excluding hydrogens is 370 g/mol. The summed E-state index contributed by atoms with van der Waals surface area (Å²) in [6, 6.07) is 10.9. The quantitative estimate of drug-likeness (QED) is 0.606. The lowest BCUT2D eigenvalue weighted by atomic mass is 10.2. The average Bonchev–Trinajstić information content (AvgIpc) is 2.95. The molecule has 2 aromatic carbocycles. The molecule has 27 heavy (non-hydrogen) atoms. The normalized spacial score (nSPS) is 16.6. The van der Waals surface area contributed by atoms with E-state index >= 15 is 0 Å². The van der Waals surface area contributed by atoms with E-state index in [0.717, 1.165) is 4.90 Å². The van der Waals surface area contributed by atoms with Crippen molar-refractivity contribution in [1.29, 1.82) is 0 Å². The van der Waals surface area contributed by atoms with Crippen molar-refractivity contribution in [3.63, 3.8) is 0 Å². The van der Waals surface area contributed by atoms with Crippen molar-refractivity contribution in [3.8, 4) is 5.75 Å². The molecule has 0 bridgehead atoms. The Labute approximate surface area is 161 Å². The Bertz CT molecular complexity index is 901. The zero-order chi connectivity index (χ0) is 19.6. The number of hydrazine groups is 1. The molecule has 2 N–H and O–H groups in total. The summed E-state index contributed by atoms with van der Waals surface area (Å²) in [7, 11) is 1.44. The maximum Gasteiger partial charge on any atom is 0.265 e. The molecule has 1 aliphatic heterocycles. The van der Waals surface area contributed by atoms with Crippen LogP contribution >= 0.6 is 11.6 Å². The zero-order valence-electron chi connectivity index (χ0n) is 14.8. The highest BCUT2D eigenvalue weighted by atomic mass is 35.5. The Balaban J connectivity index is 1.76. The fourth-order valence-corrected chi connectivity index (χ4v) is 2.95. The fourth-order valence-electron chi connectivity index (χ4n) is 2.80. The highest BCUT2D eigenvalue weighted by Crippen LogP contribution is 2.36. The minimum Gasteiger partial charge on any atom is -0.495 e. The van der Waals surface area contributed by atoms with Crippen molar-refractivity contribution < 1.29 is 19.1 Å². The van der Waals surface area contributed by atoms with Gasteiger partial charge in [-0.2, -0.15) is 0 Å². The second kappa shape index (κ2) is 7.77. The molecule has 2 aromatic rings. The molecule has 1 atom stereocenters. The first-order chi connectivity index (χ1) is 12.9. The molecule has 1 saturated heterocycles. The van der Waals surface area contributed by atoms with Crippen LogP contribution in [0, 0.1) is 6.92 Å². The second-order valence-corrected chi connectivity index (χ2v) is 6.47. The second-order valence-electron chi connectivity index (χ2n) is 6.06. The van der Waals surface area contributed by atoms with Gasteiger partial charge in [-0.1, -0.05) is 29.8 Å². The summed E-state index contributed by atoms with van der Waals surface area (Å²) in [5, 5.41) is 0.472. The number of nitrogens with one attached hydrogen (secondary N) is 2. The van der Waals surface area contributed by atoms with Gasteiger partial charge >= 0.3 is 0 Å². The molecule has 0 radical (unpaired) electrons. The van der Waals surface area contributed by atoms with Gasteiger partial charge in [-0.15, -0.1) is 0 Å². The van der Waals surface area contributed by atoms with Crippen molar-refractivity contribution in [2.24, 2.45) is 0 Å². The van der Waals surface area contributed by atoms with Gasteiger partial charge in [0.05, 0.1) is 19.2 Å². The number of methoxy groups -OCH3 is 1. The van der Waals surface area contributed by atoms with Gasteiger partial charge in [0.25, 0.3) is 11.8 Å². The van der Waals surface area contributed by atoms with Gasteiger partial charge in [0.2, 0.25) is 5.91 Å². The zero-order valence-corrected chi connectivity index (χ0v) is 15.5. The number of benzene rings is 2. The number of ether oxygens (including phenoxy) is 1. The van der Waals surface area contributed by atoms with Crippen LogP contribution in [0.25, 0.3) is 0 Å². The van der Waals surface area contributed by atoms with E-state index in [-0.39, 0.29) is 6.42 Å². The molecule has 1 aliphatic rings. The molecule has 140 valence electrons. The van der Waals surface area contributed by atoms with Crippen LogP contribution in [0.2, 0.25) is 5.02 Å². The smallest absolute Gasteiger partial charge is 0.265 e. The van der Waals surface area contributed by atoms with Gasteiger partial charge in [-0.25, -0.2) is 10.3 Å². The molecule has 0 aliphatic carbocycles. The van der Waals surface area contributed by atoms with E-state index in [1.165, 1.54) is 7.11 Å². The number of rotatable bonds is 5. The molecular formula is C19H18ClN3O4. The molecule has 1 fully saturated rings. The predicted octanol–water partition coefficient (Wildman–Crippen LogP) is 2.22. The summed E-state index contributed by atoms with van der Waals surface area (Å²) < 4.78 is 5.26.